The average molecular weight is 230 g/mol. The van der Waals surface area contributed by atoms with E-state index in [4.69, 9.17) is 4.74 Å². The van der Waals surface area contributed by atoms with E-state index in [9.17, 15) is 9.90 Å². The Balaban J connectivity index is 2.67. The minimum absolute atomic E-state index is 0.00958. The van der Waals surface area contributed by atoms with E-state index in [-0.39, 0.29) is 11.3 Å². The number of rotatable bonds is 2. The van der Waals surface area contributed by atoms with Gasteiger partial charge in [0, 0.05) is 5.39 Å². The second-order valence-electron chi connectivity index (χ2n) is 3.86. The number of esters is 1. The van der Waals surface area contributed by atoms with E-state index in [0.717, 1.165) is 10.9 Å². The molecule has 0 aliphatic carbocycles. The molecule has 0 amide bonds. The summed E-state index contributed by atoms with van der Waals surface area (Å²) in [6.45, 7) is 3.94. The number of aromatic hydroxyl groups is 1. The van der Waals surface area contributed by atoms with Crippen LogP contribution in [0.2, 0.25) is 0 Å². The van der Waals surface area contributed by atoms with E-state index in [1.54, 1.807) is 19.1 Å². The number of ether oxygens (including phenoxy) is 1. The Hall–Kier alpha value is -2.03. The third kappa shape index (κ3) is 1.96. The smallest absolute Gasteiger partial charge is 0.341 e. The van der Waals surface area contributed by atoms with Crippen molar-refractivity contribution in [1.29, 1.82) is 0 Å². The maximum Gasteiger partial charge on any atom is 0.341 e. The van der Waals surface area contributed by atoms with Crippen molar-refractivity contribution in [2.45, 2.75) is 13.8 Å². The molecule has 0 heterocycles. The maximum absolute atomic E-state index is 11.7. The van der Waals surface area contributed by atoms with Crippen molar-refractivity contribution >= 4 is 16.7 Å². The molecule has 0 saturated carbocycles. The van der Waals surface area contributed by atoms with Gasteiger partial charge in [-0.2, -0.15) is 0 Å². The summed E-state index contributed by atoms with van der Waals surface area (Å²) in [5, 5.41) is 11.7. The third-order valence-corrected chi connectivity index (χ3v) is 2.72. The Morgan fingerprint density at radius 3 is 2.59 bits per heavy atom. The summed E-state index contributed by atoms with van der Waals surface area (Å²) in [6, 6.07) is 9.10. The highest BCUT2D eigenvalue weighted by molar-refractivity contribution is 6.02. The van der Waals surface area contributed by atoms with Gasteiger partial charge in [-0.15, -0.1) is 0 Å². The second kappa shape index (κ2) is 4.45. The standard InChI is InChI=1S/C14H14O3/c1-3-17-14(16)12-8-9(2)10-6-4-5-7-11(10)13(12)15/h4-8,15H,3H2,1-2H3. The van der Waals surface area contributed by atoms with Crippen molar-refractivity contribution in [3.63, 3.8) is 0 Å². The predicted molar refractivity (Wildman–Crippen MR) is 66.3 cm³/mol. The summed E-state index contributed by atoms with van der Waals surface area (Å²) in [6.07, 6.45) is 0. The van der Waals surface area contributed by atoms with Gasteiger partial charge in [-0.05, 0) is 30.9 Å². The van der Waals surface area contributed by atoms with Gasteiger partial charge in [0.2, 0.25) is 0 Å². The van der Waals surface area contributed by atoms with Gasteiger partial charge in [-0.25, -0.2) is 4.79 Å². The third-order valence-electron chi connectivity index (χ3n) is 2.72. The SMILES string of the molecule is CCOC(=O)c1cc(C)c2ccccc2c1O. The molecule has 0 aliphatic heterocycles. The summed E-state index contributed by atoms with van der Waals surface area (Å²) in [7, 11) is 0. The van der Waals surface area contributed by atoms with Crippen LogP contribution in [0.5, 0.6) is 5.75 Å². The van der Waals surface area contributed by atoms with Crippen LogP contribution in [-0.2, 0) is 4.74 Å². The van der Waals surface area contributed by atoms with Crippen molar-refractivity contribution in [2.75, 3.05) is 6.61 Å². The fourth-order valence-electron chi connectivity index (χ4n) is 1.91. The Morgan fingerprint density at radius 1 is 1.29 bits per heavy atom. The minimum atomic E-state index is -0.487. The Bertz CT molecular complexity index is 573. The molecule has 1 N–H and O–H groups in total. The lowest BCUT2D eigenvalue weighted by Crippen LogP contribution is -2.05. The molecule has 0 aromatic heterocycles. The zero-order chi connectivity index (χ0) is 12.4. The van der Waals surface area contributed by atoms with E-state index in [1.807, 2.05) is 25.1 Å². The van der Waals surface area contributed by atoms with Crippen LogP contribution in [0.1, 0.15) is 22.8 Å². The molecule has 2 rings (SSSR count). The van der Waals surface area contributed by atoms with E-state index < -0.39 is 5.97 Å². The van der Waals surface area contributed by atoms with E-state index in [2.05, 4.69) is 0 Å². The van der Waals surface area contributed by atoms with Crippen molar-refractivity contribution in [2.24, 2.45) is 0 Å². The topological polar surface area (TPSA) is 46.5 Å². The molecule has 88 valence electrons. The molecule has 0 bridgehead atoms. The fraction of sp³-hybridized carbons (Fsp3) is 0.214. The van der Waals surface area contributed by atoms with Gasteiger partial charge < -0.3 is 9.84 Å². The van der Waals surface area contributed by atoms with Crippen molar-refractivity contribution < 1.29 is 14.6 Å². The molecule has 3 heteroatoms. The van der Waals surface area contributed by atoms with Crippen LogP contribution in [0.25, 0.3) is 10.8 Å². The molecule has 3 nitrogen and oxygen atoms in total. The monoisotopic (exact) mass is 230 g/mol. The van der Waals surface area contributed by atoms with Crippen molar-refractivity contribution in [3.05, 3.63) is 41.5 Å². The van der Waals surface area contributed by atoms with Crippen molar-refractivity contribution in [1.82, 2.24) is 0 Å². The largest absolute Gasteiger partial charge is 0.506 e. The van der Waals surface area contributed by atoms with Gasteiger partial charge in [0.05, 0.1) is 6.61 Å². The van der Waals surface area contributed by atoms with Crippen LogP contribution < -0.4 is 0 Å². The first-order valence-electron chi connectivity index (χ1n) is 5.53. The number of fused-ring (bicyclic) bond motifs is 1. The average Bonchev–Trinajstić information content (AvgIpc) is 2.34. The van der Waals surface area contributed by atoms with E-state index in [0.29, 0.717) is 12.0 Å². The quantitative estimate of drug-likeness (QED) is 0.806. The maximum atomic E-state index is 11.7. The summed E-state index contributed by atoms with van der Waals surface area (Å²) in [4.78, 5) is 11.7. The molecule has 17 heavy (non-hydrogen) atoms. The van der Waals surface area contributed by atoms with Crippen LogP contribution >= 0.6 is 0 Å². The molecular formula is C14H14O3. The molecule has 0 saturated heterocycles. The number of hydrogen-bond donors (Lipinski definition) is 1. The number of phenols is 1. The summed E-state index contributed by atoms with van der Waals surface area (Å²) < 4.78 is 4.91. The number of carbonyl (C=O) groups excluding carboxylic acids is 1. The van der Waals surface area contributed by atoms with Gasteiger partial charge >= 0.3 is 5.97 Å². The van der Waals surface area contributed by atoms with Gasteiger partial charge in [-0.1, -0.05) is 24.3 Å². The number of phenolic OH excluding ortho intramolecular Hbond substituents is 1. The summed E-state index contributed by atoms with van der Waals surface area (Å²) in [5.74, 6) is -0.497. The first-order valence-corrected chi connectivity index (χ1v) is 5.53. The Kier molecular flexibility index (Phi) is 3.00. The van der Waals surface area contributed by atoms with Crippen molar-refractivity contribution in [3.8, 4) is 5.75 Å². The molecular weight excluding hydrogens is 216 g/mol. The summed E-state index contributed by atoms with van der Waals surface area (Å²) >= 11 is 0. The minimum Gasteiger partial charge on any atom is -0.506 e. The molecule has 0 radical (unpaired) electrons. The van der Waals surface area contributed by atoms with Crippen LogP contribution in [0.15, 0.2) is 30.3 Å². The molecule has 0 spiro atoms. The molecule has 0 unspecified atom stereocenters. The van der Waals surface area contributed by atoms with Crippen LogP contribution in [0.4, 0.5) is 0 Å². The number of benzene rings is 2. The molecule has 0 aliphatic rings. The zero-order valence-electron chi connectivity index (χ0n) is 9.86. The molecule has 2 aromatic rings. The van der Waals surface area contributed by atoms with Gasteiger partial charge in [0.25, 0.3) is 0 Å². The highest BCUT2D eigenvalue weighted by Crippen LogP contribution is 2.31. The van der Waals surface area contributed by atoms with E-state index >= 15 is 0 Å². The van der Waals surface area contributed by atoms with Gasteiger partial charge in [0.1, 0.15) is 11.3 Å². The lowest BCUT2D eigenvalue weighted by Gasteiger charge is -2.09. The number of aryl methyl sites for hydroxylation is 1. The van der Waals surface area contributed by atoms with Crippen LogP contribution in [0, 0.1) is 6.92 Å². The zero-order valence-corrected chi connectivity index (χ0v) is 9.86. The van der Waals surface area contributed by atoms with Gasteiger partial charge in [-0.3, -0.25) is 0 Å². The predicted octanol–water partition coefficient (Wildman–Crippen LogP) is 3.03. The Morgan fingerprint density at radius 2 is 1.94 bits per heavy atom. The Labute approximate surface area is 99.6 Å². The lowest BCUT2D eigenvalue weighted by molar-refractivity contribution is 0.0523. The molecule has 2 aromatic carbocycles. The number of hydrogen-bond acceptors (Lipinski definition) is 3. The lowest BCUT2D eigenvalue weighted by atomic mass is 10.0. The van der Waals surface area contributed by atoms with Crippen LogP contribution in [0.3, 0.4) is 0 Å². The van der Waals surface area contributed by atoms with Gasteiger partial charge in [0.15, 0.2) is 0 Å². The molecule has 0 fully saturated rings. The van der Waals surface area contributed by atoms with Crippen LogP contribution in [-0.4, -0.2) is 17.7 Å². The molecule has 0 atom stereocenters. The first-order chi connectivity index (χ1) is 8.15. The highest BCUT2D eigenvalue weighted by Gasteiger charge is 2.16. The summed E-state index contributed by atoms with van der Waals surface area (Å²) in [5.41, 5.74) is 1.17. The first kappa shape index (κ1) is 11.5. The fourth-order valence-corrected chi connectivity index (χ4v) is 1.91. The van der Waals surface area contributed by atoms with E-state index in [1.165, 1.54) is 0 Å². The normalized spacial score (nSPS) is 10.5. The number of carbonyl (C=O) groups is 1. The second-order valence-corrected chi connectivity index (χ2v) is 3.86. The highest BCUT2D eigenvalue weighted by atomic mass is 16.5.